The molecule has 1 N–H and O–H groups in total. The van der Waals surface area contributed by atoms with Gasteiger partial charge in [-0.2, -0.15) is 18.4 Å². The molecule has 0 saturated carbocycles. The van der Waals surface area contributed by atoms with Crippen molar-refractivity contribution in [3.63, 3.8) is 0 Å². The van der Waals surface area contributed by atoms with E-state index in [1.807, 2.05) is 0 Å². The second kappa shape index (κ2) is 10.9. The van der Waals surface area contributed by atoms with Crippen LogP contribution in [0.5, 0.6) is 5.75 Å². The molecule has 0 amide bonds. The molecule has 0 atom stereocenters. The maximum atomic E-state index is 13.4. The van der Waals surface area contributed by atoms with E-state index in [2.05, 4.69) is 4.98 Å². The van der Waals surface area contributed by atoms with E-state index in [9.17, 15) is 33.1 Å². The number of ether oxygens (including phenoxy) is 1. The maximum absolute atomic E-state index is 13.4. The molecular weight excluding hydrogens is 626 g/mol. The Morgan fingerprint density at radius 1 is 1.15 bits per heavy atom. The van der Waals surface area contributed by atoms with Crippen molar-refractivity contribution in [3.05, 3.63) is 90.2 Å². The predicted molar refractivity (Wildman–Crippen MR) is 150 cm³/mol. The van der Waals surface area contributed by atoms with E-state index in [0.29, 0.717) is 44.2 Å². The molecule has 0 unspecified atom stereocenters. The molecule has 0 radical (unpaired) electrons. The molecule has 3 heterocycles. The van der Waals surface area contributed by atoms with Crippen LogP contribution in [0.3, 0.4) is 0 Å². The Kier molecular flexibility index (Phi) is 7.61. The number of hydrogen-bond acceptors (Lipinski definition) is 6. The van der Waals surface area contributed by atoms with Crippen molar-refractivity contribution in [3.8, 4) is 22.9 Å². The Labute approximate surface area is 247 Å². The Morgan fingerprint density at radius 2 is 1.90 bits per heavy atom. The van der Waals surface area contributed by atoms with E-state index in [1.54, 1.807) is 30.3 Å². The van der Waals surface area contributed by atoms with E-state index in [-0.39, 0.29) is 39.7 Å². The number of thiophene rings is 1. The number of nitrogens with zero attached hydrogens (tertiary/aromatic N) is 3. The number of carbonyl (C=O) groups is 1. The minimum absolute atomic E-state index is 0.0534. The summed E-state index contributed by atoms with van der Waals surface area (Å²) in [6.45, 7) is -0.313. The number of aromatic nitrogens is 2. The second-order valence-corrected chi connectivity index (χ2v) is 10.6. The van der Waals surface area contributed by atoms with E-state index in [4.69, 9.17) is 39.5 Å². The van der Waals surface area contributed by atoms with Crippen LogP contribution in [0.1, 0.15) is 21.5 Å². The van der Waals surface area contributed by atoms with Crippen LogP contribution in [0.25, 0.3) is 32.1 Å². The summed E-state index contributed by atoms with van der Waals surface area (Å²) in [6.07, 6.45) is -3.30. The van der Waals surface area contributed by atoms with Crippen LogP contribution in [-0.4, -0.2) is 27.2 Å². The molecule has 2 aromatic carbocycles. The third-order valence-electron chi connectivity index (χ3n) is 6.19. The highest BCUT2D eigenvalue weighted by Crippen LogP contribution is 2.40. The van der Waals surface area contributed by atoms with E-state index in [0.717, 1.165) is 4.57 Å². The molecule has 41 heavy (non-hydrogen) atoms. The normalized spacial score (nSPS) is 11.6. The summed E-state index contributed by atoms with van der Waals surface area (Å²) in [5.74, 6) is -0.773. The Bertz CT molecular complexity index is 1980. The highest BCUT2D eigenvalue weighted by Gasteiger charge is 2.32. The summed E-state index contributed by atoms with van der Waals surface area (Å²) >= 11 is 20.0. The van der Waals surface area contributed by atoms with E-state index < -0.39 is 28.8 Å². The number of fused-ring (bicyclic) bond motifs is 2. The lowest BCUT2D eigenvalue weighted by Crippen LogP contribution is -2.25. The van der Waals surface area contributed by atoms with Crippen LogP contribution >= 0.6 is 46.1 Å². The van der Waals surface area contributed by atoms with Crippen molar-refractivity contribution in [2.24, 2.45) is 0 Å². The number of nitriles is 1. The molecule has 0 fully saturated rings. The first-order chi connectivity index (χ1) is 19.4. The van der Waals surface area contributed by atoms with Crippen LogP contribution < -0.4 is 10.3 Å². The zero-order valence-electron chi connectivity index (χ0n) is 20.2. The number of carboxylic acids is 1. The third-order valence-corrected chi connectivity index (χ3v) is 8.30. The third kappa shape index (κ3) is 5.20. The fraction of sp³-hybridized carbons (Fsp3) is 0.111. The second-order valence-electron chi connectivity index (χ2n) is 8.60. The first kappa shape index (κ1) is 28.7. The van der Waals surface area contributed by atoms with Crippen molar-refractivity contribution in [1.82, 2.24) is 9.55 Å². The van der Waals surface area contributed by atoms with Gasteiger partial charge in [0.05, 0.1) is 49.9 Å². The zero-order chi connectivity index (χ0) is 29.6. The fourth-order valence-electron chi connectivity index (χ4n) is 4.33. The SMILES string of the molecule is N#Cc1cc(C(F)(F)F)cc2c(Cl)c(Cl)n(CCOc3ccc(Cl)cc3-c3ccnc4c(C(=O)O)csc34)c(=O)c12. The van der Waals surface area contributed by atoms with Crippen LogP contribution in [0.4, 0.5) is 13.2 Å². The van der Waals surface area contributed by atoms with Crippen molar-refractivity contribution < 1.29 is 27.8 Å². The Hall–Kier alpha value is -3.82. The van der Waals surface area contributed by atoms with Gasteiger partial charge >= 0.3 is 12.1 Å². The highest BCUT2D eigenvalue weighted by molar-refractivity contribution is 7.18. The molecule has 0 aliphatic rings. The molecular formula is C27H13Cl3F3N3O4S. The minimum atomic E-state index is -4.77. The lowest BCUT2D eigenvalue weighted by Gasteiger charge is -2.17. The summed E-state index contributed by atoms with van der Waals surface area (Å²) in [7, 11) is 0. The van der Waals surface area contributed by atoms with Gasteiger partial charge in [0.15, 0.2) is 0 Å². The number of alkyl halides is 3. The van der Waals surface area contributed by atoms with Gasteiger partial charge in [-0.3, -0.25) is 14.3 Å². The van der Waals surface area contributed by atoms with Gasteiger partial charge in [0.1, 0.15) is 17.5 Å². The average Bonchev–Trinajstić information content (AvgIpc) is 3.38. The van der Waals surface area contributed by atoms with Gasteiger partial charge in [-0.15, -0.1) is 11.3 Å². The van der Waals surface area contributed by atoms with Crippen LogP contribution in [0.2, 0.25) is 15.2 Å². The molecule has 0 spiro atoms. The van der Waals surface area contributed by atoms with Crippen molar-refractivity contribution in [1.29, 1.82) is 5.26 Å². The van der Waals surface area contributed by atoms with Gasteiger partial charge in [-0.05, 0) is 36.4 Å². The minimum Gasteiger partial charge on any atom is -0.491 e. The van der Waals surface area contributed by atoms with Gasteiger partial charge < -0.3 is 9.84 Å². The quantitative estimate of drug-likeness (QED) is 0.190. The standard InChI is InChI=1S/C27H13Cl3F3N3O4S/c28-14-1-2-19(16(9-14)15-3-4-35-22-18(26(38)39)11-41-23(15)22)40-6-5-36-24(30)21(29)17-8-13(27(31,32)33)7-12(10-34)20(17)25(36)37/h1-4,7-9,11H,5-6H2,(H,38,39). The molecule has 14 heteroatoms. The van der Waals surface area contributed by atoms with Crippen LogP contribution in [0.15, 0.2) is 52.8 Å². The molecule has 0 saturated heterocycles. The predicted octanol–water partition coefficient (Wildman–Crippen LogP) is 7.91. The molecule has 3 aromatic heterocycles. The molecule has 7 nitrogen and oxygen atoms in total. The topological polar surface area (TPSA) is 105 Å². The number of rotatable bonds is 6. The summed E-state index contributed by atoms with van der Waals surface area (Å²) in [5, 5.41) is 19.6. The maximum Gasteiger partial charge on any atom is 0.416 e. The largest absolute Gasteiger partial charge is 0.491 e. The van der Waals surface area contributed by atoms with Crippen LogP contribution in [-0.2, 0) is 12.7 Å². The van der Waals surface area contributed by atoms with E-state index >= 15 is 0 Å². The van der Waals surface area contributed by atoms with Crippen molar-refractivity contribution in [2.45, 2.75) is 12.7 Å². The van der Waals surface area contributed by atoms with Crippen molar-refractivity contribution >= 4 is 73.1 Å². The number of hydrogen-bond donors (Lipinski definition) is 1. The Morgan fingerprint density at radius 3 is 2.59 bits per heavy atom. The molecule has 5 rings (SSSR count). The number of benzene rings is 2. The average molecular weight is 639 g/mol. The first-order valence-electron chi connectivity index (χ1n) is 11.5. The monoisotopic (exact) mass is 637 g/mol. The molecule has 5 aromatic rings. The number of pyridine rings is 2. The Balaban J connectivity index is 1.52. The van der Waals surface area contributed by atoms with Gasteiger partial charge in [0.2, 0.25) is 0 Å². The molecule has 0 bridgehead atoms. The lowest BCUT2D eigenvalue weighted by molar-refractivity contribution is -0.137. The number of carboxylic acid groups (broad SMARTS) is 1. The van der Waals surface area contributed by atoms with Crippen LogP contribution in [0, 0.1) is 11.3 Å². The highest BCUT2D eigenvalue weighted by atomic mass is 35.5. The zero-order valence-corrected chi connectivity index (χ0v) is 23.3. The summed E-state index contributed by atoms with van der Waals surface area (Å²) in [4.78, 5) is 29.1. The van der Waals surface area contributed by atoms with Gasteiger partial charge in [0.25, 0.3) is 5.56 Å². The first-order valence-corrected chi connectivity index (χ1v) is 13.5. The smallest absolute Gasteiger partial charge is 0.416 e. The lowest BCUT2D eigenvalue weighted by atomic mass is 10.0. The number of halogens is 6. The molecule has 0 aliphatic heterocycles. The number of aromatic carboxylic acids is 1. The van der Waals surface area contributed by atoms with Crippen molar-refractivity contribution in [2.75, 3.05) is 6.61 Å². The van der Waals surface area contributed by atoms with E-state index in [1.165, 1.54) is 22.9 Å². The van der Waals surface area contributed by atoms with Gasteiger partial charge in [0, 0.05) is 33.1 Å². The summed E-state index contributed by atoms with van der Waals surface area (Å²) < 4.78 is 47.6. The summed E-state index contributed by atoms with van der Waals surface area (Å²) in [6, 6.07) is 9.41. The molecule has 0 aliphatic carbocycles. The molecule has 208 valence electrons. The van der Waals surface area contributed by atoms with Gasteiger partial charge in [-0.1, -0.05) is 34.8 Å². The fourth-order valence-corrected chi connectivity index (χ4v) is 6.05. The van der Waals surface area contributed by atoms with Gasteiger partial charge in [-0.25, -0.2) is 4.79 Å². The summed E-state index contributed by atoms with van der Waals surface area (Å²) in [5.41, 5.74) is -0.934.